The van der Waals surface area contributed by atoms with Crippen LogP contribution in [0.15, 0.2) is 17.1 Å². The molecular formula is C15H20N6O4S. The Labute approximate surface area is 150 Å². The number of sulfonamides is 1. The molecule has 1 unspecified atom stereocenters. The minimum atomic E-state index is -3.31. The Kier molecular flexibility index (Phi) is 4.27. The van der Waals surface area contributed by atoms with Crippen LogP contribution in [0.5, 0.6) is 0 Å². The molecule has 0 aromatic carbocycles. The molecule has 0 aliphatic carbocycles. The molecular weight excluding hydrogens is 360 g/mol. The van der Waals surface area contributed by atoms with Crippen LogP contribution < -0.4 is 0 Å². The maximum Gasteiger partial charge on any atom is 0.276 e. The topological polar surface area (TPSA) is 114 Å². The SMILES string of the molecule is CS(=O)(=O)N1CCCCC1c1nnc2n1CCN(C(=O)c1cocn1)C2. The molecule has 1 saturated heterocycles. The van der Waals surface area contributed by atoms with Crippen molar-refractivity contribution < 1.29 is 17.6 Å². The third kappa shape index (κ3) is 3.01. The molecule has 2 aliphatic heterocycles. The molecule has 2 aromatic rings. The van der Waals surface area contributed by atoms with E-state index in [-0.39, 0.29) is 17.6 Å². The lowest BCUT2D eigenvalue weighted by atomic mass is 10.0. The van der Waals surface area contributed by atoms with Crippen molar-refractivity contribution in [2.45, 2.75) is 38.4 Å². The summed E-state index contributed by atoms with van der Waals surface area (Å²) in [6.45, 7) is 1.82. The van der Waals surface area contributed by atoms with E-state index in [1.165, 1.54) is 23.2 Å². The first kappa shape index (κ1) is 17.2. The minimum Gasteiger partial charge on any atom is -0.451 e. The van der Waals surface area contributed by atoms with Gasteiger partial charge in [0, 0.05) is 19.6 Å². The Hall–Kier alpha value is -2.27. The highest BCUT2D eigenvalue weighted by Crippen LogP contribution is 2.32. The van der Waals surface area contributed by atoms with Crippen LogP contribution in [0.25, 0.3) is 0 Å². The number of fused-ring (bicyclic) bond motifs is 1. The number of hydrogen-bond acceptors (Lipinski definition) is 7. The molecule has 0 radical (unpaired) electrons. The largest absolute Gasteiger partial charge is 0.451 e. The van der Waals surface area contributed by atoms with E-state index in [2.05, 4.69) is 15.2 Å². The van der Waals surface area contributed by atoms with Crippen LogP contribution in [0.3, 0.4) is 0 Å². The first-order chi connectivity index (χ1) is 12.4. The van der Waals surface area contributed by atoms with Gasteiger partial charge < -0.3 is 13.9 Å². The average molecular weight is 380 g/mol. The van der Waals surface area contributed by atoms with E-state index in [1.54, 1.807) is 4.90 Å². The molecule has 1 fully saturated rings. The molecule has 0 N–H and O–H groups in total. The summed E-state index contributed by atoms with van der Waals surface area (Å²) in [5, 5.41) is 8.49. The minimum absolute atomic E-state index is 0.218. The smallest absolute Gasteiger partial charge is 0.276 e. The van der Waals surface area contributed by atoms with Gasteiger partial charge in [0.05, 0.1) is 18.8 Å². The molecule has 11 heteroatoms. The van der Waals surface area contributed by atoms with Gasteiger partial charge in [0.15, 0.2) is 23.7 Å². The third-order valence-corrected chi connectivity index (χ3v) is 6.19. The first-order valence-electron chi connectivity index (χ1n) is 8.51. The number of nitrogens with zero attached hydrogens (tertiary/aromatic N) is 6. The highest BCUT2D eigenvalue weighted by atomic mass is 32.2. The lowest BCUT2D eigenvalue weighted by Crippen LogP contribution is -2.42. The number of hydrogen-bond donors (Lipinski definition) is 0. The van der Waals surface area contributed by atoms with Gasteiger partial charge in [0.25, 0.3) is 5.91 Å². The Morgan fingerprint density at radius 3 is 2.81 bits per heavy atom. The molecule has 1 atom stereocenters. The normalized spacial score (nSPS) is 21.6. The summed E-state index contributed by atoms with van der Waals surface area (Å²) in [6, 6.07) is -0.294. The summed E-state index contributed by atoms with van der Waals surface area (Å²) in [5.74, 6) is 1.10. The second kappa shape index (κ2) is 6.47. The van der Waals surface area contributed by atoms with Crippen molar-refractivity contribution in [3.8, 4) is 0 Å². The third-order valence-electron chi connectivity index (χ3n) is 4.90. The van der Waals surface area contributed by atoms with E-state index in [4.69, 9.17) is 4.42 Å². The van der Waals surface area contributed by atoms with Crippen LogP contribution in [-0.2, 0) is 23.1 Å². The summed E-state index contributed by atoms with van der Waals surface area (Å²) in [6.07, 6.45) is 6.31. The van der Waals surface area contributed by atoms with Crippen molar-refractivity contribution in [2.75, 3.05) is 19.3 Å². The molecule has 4 rings (SSSR count). The van der Waals surface area contributed by atoms with Gasteiger partial charge in [-0.05, 0) is 12.8 Å². The number of rotatable bonds is 3. The number of amides is 1. The fourth-order valence-electron chi connectivity index (χ4n) is 3.64. The molecule has 0 spiro atoms. The standard InChI is InChI=1S/C15H20N6O4S/c1-26(23,24)21-5-3-2-4-12(21)14-18-17-13-8-19(6-7-20(13)14)15(22)11-9-25-10-16-11/h9-10,12H,2-8H2,1H3. The summed E-state index contributed by atoms with van der Waals surface area (Å²) in [7, 11) is -3.31. The van der Waals surface area contributed by atoms with Gasteiger partial charge in [0.2, 0.25) is 10.0 Å². The highest BCUT2D eigenvalue weighted by Gasteiger charge is 2.36. The van der Waals surface area contributed by atoms with Crippen molar-refractivity contribution in [1.82, 2.24) is 29.0 Å². The van der Waals surface area contributed by atoms with Gasteiger partial charge in [-0.15, -0.1) is 10.2 Å². The molecule has 10 nitrogen and oxygen atoms in total. The molecule has 140 valence electrons. The highest BCUT2D eigenvalue weighted by molar-refractivity contribution is 7.88. The number of aromatic nitrogens is 4. The van der Waals surface area contributed by atoms with Gasteiger partial charge in [-0.2, -0.15) is 4.31 Å². The van der Waals surface area contributed by atoms with Gasteiger partial charge in [-0.25, -0.2) is 13.4 Å². The Balaban J connectivity index is 1.58. The first-order valence-corrected chi connectivity index (χ1v) is 10.4. The monoisotopic (exact) mass is 380 g/mol. The van der Waals surface area contributed by atoms with Gasteiger partial charge >= 0.3 is 0 Å². The fourth-order valence-corrected chi connectivity index (χ4v) is 4.76. The second-order valence-corrected chi connectivity index (χ2v) is 8.55. The van der Waals surface area contributed by atoms with Crippen molar-refractivity contribution >= 4 is 15.9 Å². The zero-order chi connectivity index (χ0) is 18.3. The van der Waals surface area contributed by atoms with Crippen LogP contribution >= 0.6 is 0 Å². The van der Waals surface area contributed by atoms with Crippen LogP contribution in [0.1, 0.15) is 47.4 Å². The van der Waals surface area contributed by atoms with Crippen LogP contribution in [0.2, 0.25) is 0 Å². The molecule has 1 amide bonds. The Morgan fingerprint density at radius 1 is 1.23 bits per heavy atom. The predicted molar refractivity (Wildman–Crippen MR) is 89.4 cm³/mol. The van der Waals surface area contributed by atoms with Gasteiger partial charge in [-0.3, -0.25) is 4.79 Å². The average Bonchev–Trinajstić information content (AvgIpc) is 3.29. The second-order valence-electron chi connectivity index (χ2n) is 6.61. The zero-order valence-corrected chi connectivity index (χ0v) is 15.2. The van der Waals surface area contributed by atoms with Crippen molar-refractivity contribution in [3.63, 3.8) is 0 Å². The lowest BCUT2D eigenvalue weighted by Gasteiger charge is -2.34. The summed E-state index contributed by atoms with van der Waals surface area (Å²) >= 11 is 0. The van der Waals surface area contributed by atoms with Crippen molar-refractivity contribution in [1.29, 1.82) is 0 Å². The van der Waals surface area contributed by atoms with Gasteiger partial charge in [0.1, 0.15) is 6.26 Å². The Morgan fingerprint density at radius 2 is 2.08 bits per heavy atom. The zero-order valence-electron chi connectivity index (χ0n) is 14.4. The van der Waals surface area contributed by atoms with Crippen molar-refractivity contribution in [2.24, 2.45) is 0 Å². The van der Waals surface area contributed by atoms with E-state index in [0.29, 0.717) is 37.8 Å². The van der Waals surface area contributed by atoms with Gasteiger partial charge in [-0.1, -0.05) is 6.42 Å². The van der Waals surface area contributed by atoms with E-state index >= 15 is 0 Å². The van der Waals surface area contributed by atoms with E-state index in [0.717, 1.165) is 19.3 Å². The van der Waals surface area contributed by atoms with Crippen LogP contribution in [-0.4, -0.2) is 62.6 Å². The summed E-state index contributed by atoms with van der Waals surface area (Å²) < 4.78 is 32.6. The van der Waals surface area contributed by atoms with Crippen LogP contribution in [0, 0.1) is 0 Å². The number of oxazole rings is 1. The molecule has 0 saturated carbocycles. The van der Waals surface area contributed by atoms with E-state index in [1.807, 2.05) is 4.57 Å². The van der Waals surface area contributed by atoms with E-state index < -0.39 is 10.0 Å². The molecule has 4 heterocycles. The predicted octanol–water partition coefficient (Wildman–Crippen LogP) is 0.409. The lowest BCUT2D eigenvalue weighted by molar-refractivity contribution is 0.0698. The molecule has 0 bridgehead atoms. The number of carbonyl (C=O) groups is 1. The number of piperidine rings is 1. The maximum absolute atomic E-state index is 12.4. The summed E-state index contributed by atoms with van der Waals surface area (Å²) in [5.41, 5.74) is 0.258. The fraction of sp³-hybridized carbons (Fsp3) is 0.600. The number of carbonyl (C=O) groups excluding carboxylic acids is 1. The van der Waals surface area contributed by atoms with E-state index in [9.17, 15) is 13.2 Å². The Bertz CT molecular complexity index is 907. The maximum atomic E-state index is 12.4. The quantitative estimate of drug-likeness (QED) is 0.757. The summed E-state index contributed by atoms with van der Waals surface area (Å²) in [4.78, 5) is 17.9. The molecule has 2 aliphatic rings. The van der Waals surface area contributed by atoms with Crippen molar-refractivity contribution in [3.05, 3.63) is 30.0 Å². The molecule has 2 aromatic heterocycles. The van der Waals surface area contributed by atoms with Crippen LogP contribution in [0.4, 0.5) is 0 Å². The molecule has 26 heavy (non-hydrogen) atoms.